The molecule has 2 amide bonds. The first-order chi connectivity index (χ1) is 11.8. The van der Waals surface area contributed by atoms with E-state index in [9.17, 15) is 4.79 Å². The summed E-state index contributed by atoms with van der Waals surface area (Å²) in [6.07, 6.45) is 0.611. The number of rotatable bonds is 6. The van der Waals surface area contributed by atoms with Crippen molar-refractivity contribution in [2.45, 2.75) is 46.0 Å². The quantitative estimate of drug-likeness (QED) is 0.679. The molecule has 0 aliphatic carbocycles. The van der Waals surface area contributed by atoms with Crippen LogP contribution in [-0.4, -0.2) is 27.3 Å². The molecule has 6 nitrogen and oxygen atoms in total. The molecule has 0 saturated heterocycles. The smallest absolute Gasteiger partial charge is 0.319 e. The Morgan fingerprint density at radius 3 is 2.56 bits per heavy atom. The molecule has 0 radical (unpaired) electrons. The van der Waals surface area contributed by atoms with E-state index < -0.39 is 0 Å². The summed E-state index contributed by atoms with van der Waals surface area (Å²) in [7, 11) is 1.85. The summed E-state index contributed by atoms with van der Waals surface area (Å²) in [4.78, 5) is 12.2. The van der Waals surface area contributed by atoms with Gasteiger partial charge >= 0.3 is 6.03 Å². The minimum Gasteiger partial charge on any atom is -0.337 e. The number of nitrogens with one attached hydrogen (secondary N) is 3. The average Bonchev–Trinajstić information content (AvgIpc) is 2.87. The highest BCUT2D eigenvalue weighted by Gasteiger charge is 2.12. The van der Waals surface area contributed by atoms with Crippen LogP contribution in [0.5, 0.6) is 0 Å². The molecule has 25 heavy (non-hydrogen) atoms. The molecule has 0 fully saturated rings. The molecule has 1 aromatic carbocycles. The number of carbonyl (C=O) groups is 1. The van der Waals surface area contributed by atoms with Crippen LogP contribution in [0, 0.1) is 4.77 Å². The van der Waals surface area contributed by atoms with E-state index in [1.54, 1.807) is 4.57 Å². The van der Waals surface area contributed by atoms with Gasteiger partial charge in [0.25, 0.3) is 0 Å². The van der Waals surface area contributed by atoms with Gasteiger partial charge in [-0.1, -0.05) is 39.8 Å². The van der Waals surface area contributed by atoms with Crippen LogP contribution in [0.15, 0.2) is 18.2 Å². The van der Waals surface area contributed by atoms with Crippen molar-refractivity contribution < 1.29 is 4.79 Å². The zero-order valence-corrected chi connectivity index (χ0v) is 16.3. The number of amides is 2. The Balaban J connectivity index is 1.98. The third kappa shape index (κ3) is 4.92. The Kier molecular flexibility index (Phi) is 6.36. The SMILES string of the molecule is CC(C)c1ccc(NC(=O)NCCc2n[nH]c(=S)n2C)c(C(C)C)c1. The number of hydrogen-bond donors (Lipinski definition) is 3. The lowest BCUT2D eigenvalue weighted by atomic mass is 9.94. The molecule has 2 rings (SSSR count). The fourth-order valence-electron chi connectivity index (χ4n) is 2.59. The van der Waals surface area contributed by atoms with Gasteiger partial charge in [0.15, 0.2) is 4.77 Å². The second kappa shape index (κ2) is 8.29. The Hall–Kier alpha value is -2.15. The number of aromatic nitrogens is 3. The van der Waals surface area contributed by atoms with Gasteiger partial charge in [-0.15, -0.1) is 0 Å². The predicted octanol–water partition coefficient (Wildman–Crippen LogP) is 4.09. The molecule has 3 N–H and O–H groups in total. The lowest BCUT2D eigenvalue weighted by molar-refractivity contribution is 0.252. The van der Waals surface area contributed by atoms with Crippen molar-refractivity contribution in [1.29, 1.82) is 0 Å². The second-order valence-corrected chi connectivity index (χ2v) is 7.18. The third-order valence-corrected chi connectivity index (χ3v) is 4.58. The van der Waals surface area contributed by atoms with Gasteiger partial charge in [-0.05, 0) is 41.2 Å². The van der Waals surface area contributed by atoms with Crippen molar-refractivity contribution in [2.24, 2.45) is 7.05 Å². The number of aromatic amines is 1. The molecule has 0 saturated carbocycles. The van der Waals surface area contributed by atoms with Crippen molar-refractivity contribution in [3.63, 3.8) is 0 Å². The third-order valence-electron chi connectivity index (χ3n) is 4.22. The molecule has 0 unspecified atom stereocenters. The summed E-state index contributed by atoms with van der Waals surface area (Å²) >= 11 is 5.08. The van der Waals surface area contributed by atoms with Crippen molar-refractivity contribution >= 4 is 23.9 Å². The van der Waals surface area contributed by atoms with Crippen molar-refractivity contribution in [1.82, 2.24) is 20.1 Å². The topological polar surface area (TPSA) is 74.7 Å². The predicted molar refractivity (Wildman–Crippen MR) is 104 cm³/mol. The largest absolute Gasteiger partial charge is 0.337 e. The van der Waals surface area contributed by atoms with Crippen molar-refractivity contribution in [3.05, 3.63) is 39.9 Å². The van der Waals surface area contributed by atoms with Crippen LogP contribution < -0.4 is 10.6 Å². The molecule has 0 aliphatic heterocycles. The summed E-state index contributed by atoms with van der Waals surface area (Å²) in [5.74, 6) is 1.61. The van der Waals surface area contributed by atoms with Gasteiger partial charge in [0.2, 0.25) is 0 Å². The molecule has 136 valence electrons. The summed E-state index contributed by atoms with van der Waals surface area (Å²) in [5, 5.41) is 12.7. The van der Waals surface area contributed by atoms with Crippen molar-refractivity contribution in [3.8, 4) is 0 Å². The average molecular weight is 362 g/mol. The van der Waals surface area contributed by atoms with Crippen LogP contribution in [0.25, 0.3) is 0 Å². The first-order valence-electron chi connectivity index (χ1n) is 8.58. The van der Waals surface area contributed by atoms with Gasteiger partial charge in [0, 0.05) is 25.7 Å². The van der Waals surface area contributed by atoms with E-state index in [0.29, 0.717) is 29.6 Å². The van der Waals surface area contributed by atoms with Crippen LogP contribution >= 0.6 is 12.2 Å². The van der Waals surface area contributed by atoms with Crippen LogP contribution in [0.3, 0.4) is 0 Å². The molecule has 0 atom stereocenters. The highest BCUT2D eigenvalue weighted by molar-refractivity contribution is 7.71. The number of carbonyl (C=O) groups excluding carboxylic acids is 1. The van der Waals surface area contributed by atoms with Gasteiger partial charge < -0.3 is 15.2 Å². The minimum atomic E-state index is -0.212. The van der Waals surface area contributed by atoms with E-state index in [0.717, 1.165) is 17.1 Å². The van der Waals surface area contributed by atoms with E-state index in [2.05, 4.69) is 60.7 Å². The van der Waals surface area contributed by atoms with Gasteiger partial charge in [-0.25, -0.2) is 4.79 Å². The van der Waals surface area contributed by atoms with Gasteiger partial charge in [-0.3, -0.25) is 5.10 Å². The monoisotopic (exact) mass is 361 g/mol. The number of benzene rings is 1. The summed E-state index contributed by atoms with van der Waals surface area (Å²) in [5.41, 5.74) is 3.28. The number of anilines is 1. The summed E-state index contributed by atoms with van der Waals surface area (Å²) in [6.45, 7) is 9.09. The molecule has 1 heterocycles. The van der Waals surface area contributed by atoms with Crippen LogP contribution in [0.1, 0.15) is 56.5 Å². The zero-order chi connectivity index (χ0) is 18.6. The van der Waals surface area contributed by atoms with E-state index in [-0.39, 0.29) is 6.03 Å². The molecule has 0 bridgehead atoms. The summed E-state index contributed by atoms with van der Waals surface area (Å²) < 4.78 is 2.38. The van der Waals surface area contributed by atoms with Gasteiger partial charge in [0.1, 0.15) is 5.82 Å². The van der Waals surface area contributed by atoms with Gasteiger partial charge in [0.05, 0.1) is 0 Å². The maximum atomic E-state index is 12.2. The lowest BCUT2D eigenvalue weighted by Gasteiger charge is -2.17. The lowest BCUT2D eigenvalue weighted by Crippen LogP contribution is -2.31. The molecule has 2 aromatic rings. The van der Waals surface area contributed by atoms with E-state index >= 15 is 0 Å². The highest BCUT2D eigenvalue weighted by atomic mass is 32.1. The van der Waals surface area contributed by atoms with Gasteiger partial charge in [-0.2, -0.15) is 5.10 Å². The normalized spacial score (nSPS) is 11.2. The second-order valence-electron chi connectivity index (χ2n) is 6.79. The summed E-state index contributed by atoms with van der Waals surface area (Å²) in [6, 6.07) is 6.03. The number of urea groups is 1. The molecule has 7 heteroatoms. The van der Waals surface area contributed by atoms with E-state index in [1.165, 1.54) is 5.56 Å². The maximum absolute atomic E-state index is 12.2. The Morgan fingerprint density at radius 2 is 2.00 bits per heavy atom. The Labute approximate surface area is 154 Å². The fourth-order valence-corrected chi connectivity index (χ4v) is 2.74. The molecular formula is C18H27N5OS. The zero-order valence-electron chi connectivity index (χ0n) is 15.5. The standard InChI is InChI=1S/C18H27N5OS/c1-11(2)13-6-7-15(14(10-13)12(3)4)20-17(24)19-9-8-16-21-22-18(25)23(16)5/h6-7,10-12H,8-9H2,1-5H3,(H,22,25)(H2,19,20,24). The number of nitrogens with zero attached hydrogens (tertiary/aromatic N) is 2. The maximum Gasteiger partial charge on any atom is 0.319 e. The molecule has 1 aromatic heterocycles. The van der Waals surface area contributed by atoms with E-state index in [4.69, 9.17) is 12.2 Å². The number of hydrogen-bond acceptors (Lipinski definition) is 3. The van der Waals surface area contributed by atoms with E-state index in [1.807, 2.05) is 13.1 Å². The molecular weight excluding hydrogens is 334 g/mol. The minimum absolute atomic E-state index is 0.212. The molecule has 0 spiro atoms. The Bertz CT molecular complexity index is 791. The Morgan fingerprint density at radius 1 is 1.28 bits per heavy atom. The highest BCUT2D eigenvalue weighted by Crippen LogP contribution is 2.28. The first-order valence-corrected chi connectivity index (χ1v) is 8.99. The van der Waals surface area contributed by atoms with Crippen LogP contribution in [-0.2, 0) is 13.5 Å². The van der Waals surface area contributed by atoms with Crippen LogP contribution in [0.2, 0.25) is 0 Å². The molecule has 0 aliphatic rings. The van der Waals surface area contributed by atoms with Crippen molar-refractivity contribution in [2.75, 3.05) is 11.9 Å². The van der Waals surface area contributed by atoms with Crippen LogP contribution in [0.4, 0.5) is 10.5 Å². The first kappa shape index (κ1) is 19.2. The fraction of sp³-hybridized carbons (Fsp3) is 0.500. The number of H-pyrrole nitrogens is 1.